The van der Waals surface area contributed by atoms with Crippen molar-refractivity contribution in [2.45, 2.75) is 25.7 Å². The maximum atomic E-state index is 13.6. The van der Waals surface area contributed by atoms with E-state index in [0.717, 1.165) is 73.4 Å². The summed E-state index contributed by atoms with van der Waals surface area (Å²) in [6.07, 6.45) is 8.82. The van der Waals surface area contributed by atoms with E-state index in [1.807, 2.05) is 53.6 Å². The van der Waals surface area contributed by atoms with Gasteiger partial charge >= 0.3 is 0 Å². The number of rotatable bonds is 4. The van der Waals surface area contributed by atoms with Gasteiger partial charge in [0.2, 0.25) is 5.91 Å². The number of carbonyl (C=O) groups is 1. The van der Waals surface area contributed by atoms with Gasteiger partial charge in [0.05, 0.1) is 28.3 Å². The van der Waals surface area contributed by atoms with Gasteiger partial charge in [-0.2, -0.15) is 0 Å². The quantitative estimate of drug-likeness (QED) is 0.686. The molecule has 4 heterocycles. The molecule has 0 saturated carbocycles. The summed E-state index contributed by atoms with van der Waals surface area (Å²) in [5.74, 6) is 1.14. The molecule has 32 heavy (non-hydrogen) atoms. The largest absolute Gasteiger partial charge is 0.404 e. The Balaban J connectivity index is 1.29. The Kier molecular flexibility index (Phi) is 5.47. The van der Waals surface area contributed by atoms with Crippen LogP contribution in [0.2, 0.25) is 0 Å². The molecule has 0 radical (unpaired) electrons. The Morgan fingerprint density at radius 3 is 2.53 bits per heavy atom. The maximum Gasteiger partial charge on any atom is 0.229 e. The molecule has 2 saturated heterocycles. The van der Waals surface area contributed by atoms with Gasteiger partial charge in [-0.25, -0.2) is 4.98 Å². The Labute approximate surface area is 188 Å². The SMILES string of the molecule is NC=C(CN1CCCC2(CCN(c3cnc4ccccc4n3)CC2)C1=O)c1ccccn1. The number of nitrogens with zero attached hydrogens (tertiary/aromatic N) is 5. The molecule has 0 atom stereocenters. The van der Waals surface area contributed by atoms with Crippen LogP contribution in [0, 0.1) is 5.41 Å². The monoisotopic (exact) mass is 428 g/mol. The molecule has 2 aliphatic heterocycles. The van der Waals surface area contributed by atoms with Crippen molar-refractivity contribution in [2.24, 2.45) is 11.1 Å². The maximum absolute atomic E-state index is 13.6. The molecule has 1 aromatic carbocycles. The molecule has 0 aliphatic carbocycles. The van der Waals surface area contributed by atoms with Crippen LogP contribution in [-0.4, -0.2) is 51.9 Å². The molecule has 2 aliphatic rings. The fraction of sp³-hybridized carbons (Fsp3) is 0.360. The number of anilines is 1. The average molecular weight is 429 g/mol. The van der Waals surface area contributed by atoms with Crippen molar-refractivity contribution >= 4 is 28.3 Å². The van der Waals surface area contributed by atoms with Gasteiger partial charge in [-0.15, -0.1) is 0 Å². The van der Waals surface area contributed by atoms with E-state index in [2.05, 4.69) is 14.9 Å². The first kappa shape index (κ1) is 20.4. The van der Waals surface area contributed by atoms with Crippen LogP contribution in [0.4, 0.5) is 5.82 Å². The third kappa shape index (κ3) is 3.79. The summed E-state index contributed by atoms with van der Waals surface area (Å²) in [6, 6.07) is 13.7. The number of hydrogen-bond donors (Lipinski definition) is 1. The van der Waals surface area contributed by atoms with Gasteiger partial charge in [0.25, 0.3) is 0 Å². The van der Waals surface area contributed by atoms with Gasteiger partial charge in [0.15, 0.2) is 0 Å². The lowest BCUT2D eigenvalue weighted by Crippen LogP contribution is -2.54. The standard InChI is InChI=1S/C25H28N6O/c26-16-19(20-6-3-4-12-27-20)18-31-13-5-9-25(24(31)32)10-14-30(15-11-25)23-17-28-21-7-1-2-8-22(21)29-23/h1-4,6-8,12,16-17H,5,9-11,13-15,18,26H2. The number of hydrogen-bond acceptors (Lipinski definition) is 6. The van der Waals surface area contributed by atoms with Crippen LogP contribution in [-0.2, 0) is 4.79 Å². The van der Waals surface area contributed by atoms with Crippen LogP contribution in [0.25, 0.3) is 16.6 Å². The van der Waals surface area contributed by atoms with Gasteiger partial charge in [0.1, 0.15) is 5.82 Å². The molecule has 2 fully saturated rings. The van der Waals surface area contributed by atoms with Gasteiger partial charge in [-0.1, -0.05) is 18.2 Å². The molecule has 1 spiro atoms. The highest BCUT2D eigenvalue weighted by Gasteiger charge is 2.45. The zero-order valence-corrected chi connectivity index (χ0v) is 18.2. The molecule has 0 unspecified atom stereocenters. The highest BCUT2D eigenvalue weighted by molar-refractivity contribution is 5.85. The lowest BCUT2D eigenvalue weighted by molar-refractivity contribution is -0.147. The summed E-state index contributed by atoms with van der Waals surface area (Å²) < 4.78 is 0. The van der Waals surface area contributed by atoms with E-state index in [1.165, 1.54) is 0 Å². The normalized spacial score (nSPS) is 19.0. The Morgan fingerprint density at radius 2 is 1.78 bits per heavy atom. The zero-order valence-electron chi connectivity index (χ0n) is 18.2. The number of nitrogens with two attached hydrogens (primary N) is 1. The number of fused-ring (bicyclic) bond motifs is 1. The van der Waals surface area contributed by atoms with E-state index in [0.29, 0.717) is 6.54 Å². The summed E-state index contributed by atoms with van der Waals surface area (Å²) >= 11 is 0. The smallest absolute Gasteiger partial charge is 0.229 e. The molecular formula is C25H28N6O. The van der Waals surface area contributed by atoms with Gasteiger partial charge < -0.3 is 15.5 Å². The van der Waals surface area contributed by atoms with E-state index in [-0.39, 0.29) is 11.3 Å². The van der Waals surface area contributed by atoms with Crippen molar-refractivity contribution in [2.75, 3.05) is 31.1 Å². The molecule has 0 bridgehead atoms. The molecule has 7 heteroatoms. The van der Waals surface area contributed by atoms with Crippen molar-refractivity contribution in [3.05, 3.63) is 66.8 Å². The second-order valence-corrected chi connectivity index (χ2v) is 8.72. The third-order valence-electron chi connectivity index (χ3n) is 6.86. The highest BCUT2D eigenvalue weighted by Crippen LogP contribution is 2.42. The van der Waals surface area contributed by atoms with Crippen molar-refractivity contribution in [3.8, 4) is 0 Å². The van der Waals surface area contributed by atoms with Crippen molar-refractivity contribution in [1.82, 2.24) is 19.9 Å². The van der Waals surface area contributed by atoms with Crippen molar-refractivity contribution < 1.29 is 4.79 Å². The number of carbonyl (C=O) groups excluding carboxylic acids is 1. The summed E-state index contributed by atoms with van der Waals surface area (Å²) in [5, 5.41) is 0. The minimum absolute atomic E-state index is 0.253. The van der Waals surface area contributed by atoms with Crippen LogP contribution in [0.1, 0.15) is 31.4 Å². The molecule has 5 rings (SSSR count). The Morgan fingerprint density at radius 1 is 1.00 bits per heavy atom. The topological polar surface area (TPSA) is 88.2 Å². The average Bonchev–Trinajstić information content (AvgIpc) is 2.86. The fourth-order valence-electron chi connectivity index (χ4n) is 5.01. The molecule has 2 N–H and O–H groups in total. The lowest BCUT2D eigenvalue weighted by atomic mass is 9.71. The fourth-order valence-corrected chi connectivity index (χ4v) is 5.01. The van der Waals surface area contributed by atoms with Gasteiger partial charge in [-0.3, -0.25) is 14.8 Å². The third-order valence-corrected chi connectivity index (χ3v) is 6.86. The summed E-state index contributed by atoms with van der Waals surface area (Å²) in [7, 11) is 0. The summed E-state index contributed by atoms with van der Waals surface area (Å²) in [6.45, 7) is 2.90. The van der Waals surface area contributed by atoms with E-state index in [9.17, 15) is 4.79 Å². The van der Waals surface area contributed by atoms with Crippen LogP contribution in [0.15, 0.2) is 61.1 Å². The highest BCUT2D eigenvalue weighted by atomic mass is 16.2. The number of pyridine rings is 1. The van der Waals surface area contributed by atoms with Gasteiger partial charge in [-0.05, 0) is 49.9 Å². The van der Waals surface area contributed by atoms with Crippen molar-refractivity contribution in [3.63, 3.8) is 0 Å². The molecule has 164 valence electrons. The van der Waals surface area contributed by atoms with Crippen LogP contribution in [0.3, 0.4) is 0 Å². The van der Waals surface area contributed by atoms with E-state index < -0.39 is 0 Å². The Hall–Kier alpha value is -3.48. The number of para-hydroxylation sites is 2. The van der Waals surface area contributed by atoms with Crippen LogP contribution >= 0.6 is 0 Å². The summed E-state index contributed by atoms with van der Waals surface area (Å²) in [4.78, 5) is 31.6. The molecule has 3 aromatic rings. The Bertz CT molecular complexity index is 1140. The van der Waals surface area contributed by atoms with E-state index in [4.69, 9.17) is 10.7 Å². The zero-order chi connectivity index (χ0) is 22.0. The molecule has 7 nitrogen and oxygen atoms in total. The predicted octanol–water partition coefficient (Wildman–Crippen LogP) is 3.23. The molecule has 1 amide bonds. The number of likely N-dealkylation sites (tertiary alicyclic amines) is 1. The second kappa shape index (κ2) is 8.57. The number of piperidine rings is 2. The van der Waals surface area contributed by atoms with Crippen molar-refractivity contribution in [1.29, 1.82) is 0 Å². The van der Waals surface area contributed by atoms with E-state index in [1.54, 1.807) is 12.4 Å². The lowest BCUT2D eigenvalue weighted by Gasteiger charge is -2.46. The van der Waals surface area contributed by atoms with E-state index >= 15 is 0 Å². The van der Waals surface area contributed by atoms with Crippen LogP contribution in [0.5, 0.6) is 0 Å². The molecular weight excluding hydrogens is 400 g/mol. The summed E-state index contributed by atoms with van der Waals surface area (Å²) in [5.41, 5.74) is 9.13. The number of amides is 1. The van der Waals surface area contributed by atoms with Gasteiger partial charge in [0, 0.05) is 44.1 Å². The minimum Gasteiger partial charge on any atom is -0.404 e. The first-order valence-electron chi connectivity index (χ1n) is 11.3. The number of benzene rings is 1. The molecule has 2 aromatic heterocycles. The second-order valence-electron chi connectivity index (χ2n) is 8.72. The first-order chi connectivity index (χ1) is 15.7. The number of aromatic nitrogens is 3. The predicted molar refractivity (Wildman–Crippen MR) is 126 cm³/mol. The first-order valence-corrected chi connectivity index (χ1v) is 11.3. The minimum atomic E-state index is -0.289. The van der Waals surface area contributed by atoms with Crippen LogP contribution < -0.4 is 10.6 Å².